The van der Waals surface area contributed by atoms with Crippen LogP contribution in [0.5, 0.6) is 0 Å². The Morgan fingerprint density at radius 3 is 2.55 bits per heavy atom. The van der Waals surface area contributed by atoms with Gasteiger partial charge in [-0.05, 0) is 44.4 Å². The first-order valence-corrected chi connectivity index (χ1v) is 8.18. The van der Waals surface area contributed by atoms with Gasteiger partial charge in [-0.15, -0.1) is 12.4 Å². The van der Waals surface area contributed by atoms with E-state index in [2.05, 4.69) is 0 Å². The number of nitro benzene ring substituents is 1. The summed E-state index contributed by atoms with van der Waals surface area (Å²) in [5.74, 6) is 0.160. The van der Waals surface area contributed by atoms with Gasteiger partial charge in [0.05, 0.1) is 9.82 Å². The second-order valence-electron chi connectivity index (χ2n) is 5.47. The molecule has 1 aliphatic rings. The molecular weight excluding hydrogens is 330 g/mol. The van der Waals surface area contributed by atoms with E-state index in [1.807, 2.05) is 6.92 Å². The van der Waals surface area contributed by atoms with Crippen molar-refractivity contribution in [1.29, 1.82) is 0 Å². The van der Waals surface area contributed by atoms with E-state index in [9.17, 15) is 18.5 Å². The molecule has 2 atom stereocenters. The lowest BCUT2D eigenvalue weighted by Gasteiger charge is -2.22. The van der Waals surface area contributed by atoms with E-state index in [1.165, 1.54) is 22.5 Å². The molecule has 2 N–H and O–H groups in total. The van der Waals surface area contributed by atoms with Crippen LogP contribution in [0.2, 0.25) is 0 Å². The standard InChI is InChI=1S/C13H19N3O4S.ClH/c1-9-5-12(16(17)18)3-4-13(9)21(19,20)15-8-11(7-14)6-10(15)2;/h3-5,10-11H,6-8,14H2,1-2H3;1H. The van der Waals surface area contributed by atoms with Crippen molar-refractivity contribution in [2.45, 2.75) is 31.2 Å². The number of hydrogen-bond acceptors (Lipinski definition) is 5. The summed E-state index contributed by atoms with van der Waals surface area (Å²) in [6.45, 7) is 4.28. The van der Waals surface area contributed by atoms with Gasteiger partial charge in [0.25, 0.3) is 5.69 Å². The topological polar surface area (TPSA) is 107 Å². The summed E-state index contributed by atoms with van der Waals surface area (Å²) in [6, 6.07) is 3.71. The molecule has 0 amide bonds. The number of nitro groups is 1. The Labute approximate surface area is 136 Å². The van der Waals surface area contributed by atoms with Gasteiger partial charge in [-0.3, -0.25) is 10.1 Å². The molecule has 7 nitrogen and oxygen atoms in total. The maximum absolute atomic E-state index is 12.7. The van der Waals surface area contributed by atoms with E-state index in [0.29, 0.717) is 18.7 Å². The molecule has 2 rings (SSSR count). The molecule has 1 fully saturated rings. The van der Waals surface area contributed by atoms with Gasteiger partial charge in [0.2, 0.25) is 10.0 Å². The zero-order valence-electron chi connectivity index (χ0n) is 12.4. The van der Waals surface area contributed by atoms with Crippen LogP contribution in [0.4, 0.5) is 5.69 Å². The minimum atomic E-state index is -3.65. The van der Waals surface area contributed by atoms with Crippen molar-refractivity contribution in [3.8, 4) is 0 Å². The number of sulfonamides is 1. The highest BCUT2D eigenvalue weighted by Crippen LogP contribution is 2.31. The third-order valence-electron chi connectivity index (χ3n) is 3.89. The van der Waals surface area contributed by atoms with Crippen LogP contribution < -0.4 is 5.73 Å². The quantitative estimate of drug-likeness (QED) is 0.657. The van der Waals surface area contributed by atoms with Gasteiger partial charge in [0.1, 0.15) is 0 Å². The molecule has 9 heteroatoms. The minimum Gasteiger partial charge on any atom is -0.330 e. The zero-order valence-corrected chi connectivity index (χ0v) is 14.1. The van der Waals surface area contributed by atoms with Crippen LogP contribution in [0.15, 0.2) is 23.1 Å². The SMILES string of the molecule is Cc1cc([N+](=O)[O-])ccc1S(=O)(=O)N1CC(CN)CC1C.Cl. The number of nitrogens with zero attached hydrogens (tertiary/aromatic N) is 2. The minimum absolute atomic E-state index is 0. The Bertz CT molecular complexity index is 665. The van der Waals surface area contributed by atoms with Crippen molar-refractivity contribution in [3.05, 3.63) is 33.9 Å². The molecule has 1 aliphatic heterocycles. The molecule has 124 valence electrons. The van der Waals surface area contributed by atoms with Crippen molar-refractivity contribution < 1.29 is 13.3 Å². The highest BCUT2D eigenvalue weighted by atomic mass is 35.5. The van der Waals surface area contributed by atoms with E-state index < -0.39 is 14.9 Å². The summed E-state index contributed by atoms with van der Waals surface area (Å²) in [6.07, 6.45) is 0.738. The molecule has 1 aromatic carbocycles. The number of non-ortho nitro benzene ring substituents is 1. The van der Waals surface area contributed by atoms with Gasteiger partial charge >= 0.3 is 0 Å². The number of nitrogens with two attached hydrogens (primary N) is 1. The highest BCUT2D eigenvalue weighted by molar-refractivity contribution is 7.89. The molecule has 0 spiro atoms. The van der Waals surface area contributed by atoms with Gasteiger partial charge in [0.15, 0.2) is 0 Å². The summed E-state index contributed by atoms with van der Waals surface area (Å²) >= 11 is 0. The van der Waals surface area contributed by atoms with E-state index in [4.69, 9.17) is 5.73 Å². The maximum Gasteiger partial charge on any atom is 0.269 e. The summed E-state index contributed by atoms with van der Waals surface area (Å²) in [5, 5.41) is 10.7. The number of aryl methyl sites for hydroxylation is 1. The van der Waals surface area contributed by atoms with Crippen molar-refractivity contribution in [1.82, 2.24) is 4.31 Å². The summed E-state index contributed by atoms with van der Waals surface area (Å²) < 4.78 is 26.9. The van der Waals surface area contributed by atoms with Crippen molar-refractivity contribution in [3.63, 3.8) is 0 Å². The average molecular weight is 350 g/mol. The van der Waals surface area contributed by atoms with Crippen LogP contribution in [0.3, 0.4) is 0 Å². The monoisotopic (exact) mass is 349 g/mol. The molecular formula is C13H20ClN3O4S. The zero-order chi connectivity index (χ0) is 15.8. The fourth-order valence-electron chi connectivity index (χ4n) is 2.78. The lowest BCUT2D eigenvalue weighted by atomic mass is 10.1. The largest absolute Gasteiger partial charge is 0.330 e. The molecule has 0 saturated carbocycles. The van der Waals surface area contributed by atoms with E-state index in [0.717, 1.165) is 6.42 Å². The predicted molar refractivity (Wildman–Crippen MR) is 85.6 cm³/mol. The highest BCUT2D eigenvalue weighted by Gasteiger charge is 2.38. The Morgan fingerprint density at radius 2 is 2.09 bits per heavy atom. The molecule has 1 saturated heterocycles. The van der Waals surface area contributed by atoms with Gasteiger partial charge in [-0.25, -0.2) is 8.42 Å². The van der Waals surface area contributed by atoms with Crippen LogP contribution in [0.25, 0.3) is 0 Å². The molecule has 0 aromatic heterocycles. The smallest absolute Gasteiger partial charge is 0.269 e. The van der Waals surface area contributed by atoms with Gasteiger partial charge in [-0.2, -0.15) is 4.31 Å². The second kappa shape index (κ2) is 6.91. The lowest BCUT2D eigenvalue weighted by Crippen LogP contribution is -2.34. The summed E-state index contributed by atoms with van der Waals surface area (Å²) in [5.41, 5.74) is 5.90. The summed E-state index contributed by atoms with van der Waals surface area (Å²) in [4.78, 5) is 10.3. The Kier molecular flexibility index (Phi) is 5.91. The summed E-state index contributed by atoms with van der Waals surface area (Å²) in [7, 11) is -3.65. The van der Waals surface area contributed by atoms with Crippen LogP contribution in [-0.4, -0.2) is 36.8 Å². The Balaban J connectivity index is 0.00000242. The van der Waals surface area contributed by atoms with Crippen LogP contribution in [0.1, 0.15) is 18.9 Å². The van der Waals surface area contributed by atoms with E-state index >= 15 is 0 Å². The van der Waals surface area contributed by atoms with Crippen LogP contribution >= 0.6 is 12.4 Å². The van der Waals surface area contributed by atoms with Crippen molar-refractivity contribution in [2.24, 2.45) is 11.7 Å². The molecule has 0 aliphatic carbocycles. The first-order chi connectivity index (χ1) is 9.77. The number of benzene rings is 1. The molecule has 22 heavy (non-hydrogen) atoms. The van der Waals surface area contributed by atoms with E-state index in [-0.39, 0.29) is 34.9 Å². The number of rotatable bonds is 4. The Morgan fingerprint density at radius 1 is 1.45 bits per heavy atom. The molecule has 1 aromatic rings. The molecule has 0 radical (unpaired) electrons. The maximum atomic E-state index is 12.7. The predicted octanol–water partition coefficient (Wildman–Crippen LogP) is 1.68. The fraction of sp³-hybridized carbons (Fsp3) is 0.538. The van der Waals surface area contributed by atoms with Gasteiger partial charge in [-0.1, -0.05) is 0 Å². The van der Waals surface area contributed by atoms with Crippen molar-refractivity contribution >= 4 is 28.1 Å². The number of hydrogen-bond donors (Lipinski definition) is 1. The molecule has 1 heterocycles. The van der Waals surface area contributed by atoms with Crippen LogP contribution in [-0.2, 0) is 10.0 Å². The third kappa shape index (κ3) is 3.40. The van der Waals surface area contributed by atoms with Gasteiger partial charge in [0, 0.05) is 24.7 Å². The molecule has 2 unspecified atom stereocenters. The lowest BCUT2D eigenvalue weighted by molar-refractivity contribution is -0.385. The third-order valence-corrected chi connectivity index (χ3v) is 6.03. The van der Waals surface area contributed by atoms with Crippen LogP contribution in [0, 0.1) is 23.0 Å². The normalized spacial score (nSPS) is 22.3. The first-order valence-electron chi connectivity index (χ1n) is 6.74. The molecule has 0 bridgehead atoms. The Hall–Kier alpha value is -1.22. The van der Waals surface area contributed by atoms with E-state index in [1.54, 1.807) is 6.92 Å². The van der Waals surface area contributed by atoms with Crippen molar-refractivity contribution in [2.75, 3.05) is 13.1 Å². The fourth-order valence-corrected chi connectivity index (χ4v) is 4.70. The number of halogens is 1. The average Bonchev–Trinajstić information content (AvgIpc) is 2.80. The van der Waals surface area contributed by atoms with Gasteiger partial charge < -0.3 is 5.73 Å². The second-order valence-corrected chi connectivity index (χ2v) is 7.33. The first kappa shape index (κ1) is 18.8.